The van der Waals surface area contributed by atoms with Gasteiger partial charge in [-0.05, 0) is 18.6 Å². The van der Waals surface area contributed by atoms with Crippen molar-refractivity contribution in [3.05, 3.63) is 47.5 Å². The van der Waals surface area contributed by atoms with Crippen molar-refractivity contribution in [3.8, 4) is 5.75 Å². The number of hydrogen-bond acceptors (Lipinski definition) is 4. The summed E-state index contributed by atoms with van der Waals surface area (Å²) in [6.07, 6.45) is 2.59. The van der Waals surface area contributed by atoms with Crippen molar-refractivity contribution in [2.24, 2.45) is 4.99 Å². The molecule has 0 fully saturated rings. The number of nitrogens with zero attached hydrogens (tertiary/aromatic N) is 3. The number of aromatic nitrogens is 2. The molecule has 2 N–H and O–H groups in total. The average Bonchev–Trinajstić information content (AvgIpc) is 3.12. The topological polar surface area (TPSA) is 72.7 Å². The third-order valence-corrected chi connectivity index (χ3v) is 3.81. The Balaban J connectivity index is 0.00000392. The molecule has 7 nitrogen and oxygen atoms in total. The molecule has 0 aliphatic carbocycles. The van der Waals surface area contributed by atoms with Crippen molar-refractivity contribution in [3.63, 3.8) is 0 Å². The van der Waals surface area contributed by atoms with Crippen LogP contribution < -0.4 is 15.4 Å². The molecule has 0 spiro atoms. The number of rotatable bonds is 9. The number of benzene rings is 1. The fourth-order valence-corrected chi connectivity index (χ4v) is 2.40. The monoisotopic (exact) mass is 509 g/mol. The SMILES string of the molecule is CN=C(NCc1ccc(C)cc1OCCOC)NCc1nccn1C(F)F.I. The summed E-state index contributed by atoms with van der Waals surface area (Å²) in [4.78, 5) is 8.04. The van der Waals surface area contributed by atoms with Crippen LogP contribution in [0.4, 0.5) is 8.78 Å². The van der Waals surface area contributed by atoms with Gasteiger partial charge in [0, 0.05) is 38.7 Å². The summed E-state index contributed by atoms with van der Waals surface area (Å²) in [5.41, 5.74) is 2.04. The molecule has 0 radical (unpaired) electrons. The van der Waals surface area contributed by atoms with Crippen molar-refractivity contribution in [1.82, 2.24) is 20.2 Å². The Bertz CT molecular complexity index is 755. The fraction of sp³-hybridized carbons (Fsp3) is 0.444. The number of aryl methyl sites for hydroxylation is 1. The van der Waals surface area contributed by atoms with Gasteiger partial charge in [-0.15, -0.1) is 24.0 Å². The first kappa shape index (κ1) is 24.1. The second-order valence-electron chi connectivity index (χ2n) is 5.76. The summed E-state index contributed by atoms with van der Waals surface area (Å²) in [6, 6.07) is 5.93. The summed E-state index contributed by atoms with van der Waals surface area (Å²) < 4.78 is 37.3. The summed E-state index contributed by atoms with van der Waals surface area (Å²) in [7, 11) is 3.23. The van der Waals surface area contributed by atoms with E-state index in [1.165, 1.54) is 12.4 Å². The van der Waals surface area contributed by atoms with E-state index in [1.54, 1.807) is 14.2 Å². The Morgan fingerprint density at radius 2 is 2.00 bits per heavy atom. The smallest absolute Gasteiger partial charge is 0.319 e. The maximum absolute atomic E-state index is 12.9. The van der Waals surface area contributed by atoms with Gasteiger partial charge in [-0.1, -0.05) is 12.1 Å². The molecule has 0 unspecified atom stereocenters. The maximum atomic E-state index is 12.9. The standard InChI is InChI=1S/C18H25F2N5O2.HI/c1-13-4-5-14(15(10-13)27-9-8-26-3)11-23-18(21-2)24-12-16-22-6-7-25(16)17(19)20;/h4-7,10,17H,8-9,11-12H2,1-3H3,(H2,21,23,24);1H. The largest absolute Gasteiger partial charge is 0.491 e. The number of halogens is 3. The van der Waals surface area contributed by atoms with Gasteiger partial charge in [0.25, 0.3) is 0 Å². The zero-order valence-electron chi connectivity index (χ0n) is 16.1. The second-order valence-corrected chi connectivity index (χ2v) is 5.76. The molecule has 1 aromatic heterocycles. The first-order chi connectivity index (χ1) is 13.0. The van der Waals surface area contributed by atoms with Crippen molar-refractivity contribution < 1.29 is 18.3 Å². The van der Waals surface area contributed by atoms with Crippen molar-refractivity contribution >= 4 is 29.9 Å². The number of aliphatic imine (C=N–C) groups is 1. The Kier molecular flexibility index (Phi) is 10.8. The molecule has 0 aliphatic heterocycles. The third-order valence-electron chi connectivity index (χ3n) is 3.81. The van der Waals surface area contributed by atoms with Crippen LogP contribution in [0, 0.1) is 6.92 Å². The molecule has 1 aromatic carbocycles. The van der Waals surface area contributed by atoms with Crippen molar-refractivity contribution in [2.75, 3.05) is 27.4 Å². The van der Waals surface area contributed by atoms with Crippen LogP contribution >= 0.6 is 24.0 Å². The van der Waals surface area contributed by atoms with Gasteiger partial charge in [0.15, 0.2) is 5.96 Å². The number of guanidine groups is 1. The highest BCUT2D eigenvalue weighted by molar-refractivity contribution is 14.0. The number of alkyl halides is 2. The minimum atomic E-state index is -2.63. The summed E-state index contributed by atoms with van der Waals surface area (Å²) in [6.45, 7) is 0.912. The van der Waals surface area contributed by atoms with Crippen LogP contribution in [0.2, 0.25) is 0 Å². The van der Waals surface area contributed by atoms with Crippen LogP contribution in [0.1, 0.15) is 23.5 Å². The van der Waals surface area contributed by atoms with Gasteiger partial charge in [-0.2, -0.15) is 8.78 Å². The Morgan fingerprint density at radius 3 is 2.68 bits per heavy atom. The van der Waals surface area contributed by atoms with Gasteiger partial charge in [-0.25, -0.2) is 4.98 Å². The fourth-order valence-electron chi connectivity index (χ4n) is 2.40. The van der Waals surface area contributed by atoms with E-state index in [2.05, 4.69) is 20.6 Å². The first-order valence-corrected chi connectivity index (χ1v) is 8.50. The van der Waals surface area contributed by atoms with Crippen molar-refractivity contribution in [1.29, 1.82) is 0 Å². The van der Waals surface area contributed by atoms with Crippen LogP contribution in [0.3, 0.4) is 0 Å². The molecule has 0 saturated heterocycles. The van der Waals surface area contributed by atoms with Crippen LogP contribution in [-0.2, 0) is 17.8 Å². The molecular weight excluding hydrogens is 483 g/mol. The van der Waals surface area contributed by atoms with Gasteiger partial charge in [0.2, 0.25) is 0 Å². The molecule has 1 heterocycles. The number of methoxy groups -OCH3 is 1. The van der Waals surface area contributed by atoms with E-state index in [4.69, 9.17) is 9.47 Å². The van der Waals surface area contributed by atoms with E-state index in [0.717, 1.165) is 21.4 Å². The normalized spacial score (nSPS) is 11.3. The lowest BCUT2D eigenvalue weighted by Crippen LogP contribution is -2.37. The van der Waals surface area contributed by atoms with Gasteiger partial charge < -0.3 is 20.1 Å². The van der Waals surface area contributed by atoms with E-state index in [9.17, 15) is 8.78 Å². The quantitative estimate of drug-likeness (QED) is 0.235. The number of hydrogen-bond donors (Lipinski definition) is 2. The lowest BCUT2D eigenvalue weighted by Gasteiger charge is -2.15. The molecule has 10 heteroatoms. The molecule has 156 valence electrons. The molecular formula is C18H26F2IN5O2. The summed E-state index contributed by atoms with van der Waals surface area (Å²) in [5.74, 6) is 1.47. The predicted octanol–water partition coefficient (Wildman–Crippen LogP) is 3.10. The Hall–Kier alpha value is -1.95. The van der Waals surface area contributed by atoms with Gasteiger partial charge >= 0.3 is 6.55 Å². The van der Waals surface area contributed by atoms with E-state index in [0.29, 0.717) is 25.7 Å². The van der Waals surface area contributed by atoms with Gasteiger partial charge in [-0.3, -0.25) is 9.56 Å². The Labute approximate surface area is 180 Å². The van der Waals surface area contributed by atoms with Gasteiger partial charge in [0.05, 0.1) is 13.2 Å². The van der Waals surface area contributed by atoms with E-state index in [1.807, 2.05) is 25.1 Å². The average molecular weight is 509 g/mol. The number of nitrogens with one attached hydrogen (secondary N) is 2. The molecule has 2 aromatic rings. The predicted molar refractivity (Wildman–Crippen MR) is 114 cm³/mol. The second kappa shape index (κ2) is 12.5. The molecule has 0 saturated carbocycles. The van der Waals surface area contributed by atoms with Crippen LogP contribution in [-0.4, -0.2) is 42.9 Å². The van der Waals surface area contributed by atoms with E-state index < -0.39 is 6.55 Å². The number of ether oxygens (including phenoxy) is 2. The highest BCUT2D eigenvalue weighted by Gasteiger charge is 2.12. The zero-order chi connectivity index (χ0) is 19.6. The van der Waals surface area contributed by atoms with E-state index in [-0.39, 0.29) is 36.3 Å². The van der Waals surface area contributed by atoms with Crippen LogP contribution in [0.25, 0.3) is 0 Å². The van der Waals surface area contributed by atoms with Gasteiger partial charge in [0.1, 0.15) is 18.2 Å². The molecule has 0 aliphatic rings. The first-order valence-electron chi connectivity index (χ1n) is 8.50. The molecule has 0 amide bonds. The minimum Gasteiger partial charge on any atom is -0.491 e. The highest BCUT2D eigenvalue weighted by atomic mass is 127. The lowest BCUT2D eigenvalue weighted by molar-refractivity contribution is 0.0668. The molecule has 2 rings (SSSR count). The van der Waals surface area contributed by atoms with Crippen LogP contribution in [0.15, 0.2) is 35.6 Å². The molecule has 0 bridgehead atoms. The van der Waals surface area contributed by atoms with E-state index >= 15 is 0 Å². The third kappa shape index (κ3) is 7.23. The number of imidazole rings is 1. The molecule has 28 heavy (non-hydrogen) atoms. The zero-order valence-corrected chi connectivity index (χ0v) is 18.4. The lowest BCUT2D eigenvalue weighted by atomic mass is 10.1. The minimum absolute atomic E-state index is 0. The molecule has 0 atom stereocenters. The summed E-state index contributed by atoms with van der Waals surface area (Å²) in [5, 5.41) is 6.13. The highest BCUT2D eigenvalue weighted by Crippen LogP contribution is 2.20. The maximum Gasteiger partial charge on any atom is 0.319 e. The van der Waals surface area contributed by atoms with Crippen LogP contribution in [0.5, 0.6) is 5.75 Å². The Morgan fingerprint density at radius 1 is 1.25 bits per heavy atom. The van der Waals surface area contributed by atoms with Crippen molar-refractivity contribution in [2.45, 2.75) is 26.6 Å². The summed E-state index contributed by atoms with van der Waals surface area (Å²) >= 11 is 0.